The molecular formula is C19H15F4N5O2. The van der Waals surface area contributed by atoms with Crippen LogP contribution in [0.1, 0.15) is 34.2 Å². The fraction of sp³-hybridized carbons (Fsp3) is 0.263. The predicted octanol–water partition coefficient (Wildman–Crippen LogP) is 3.38. The number of fused-ring (bicyclic) bond motifs is 1. The van der Waals surface area contributed by atoms with Crippen LogP contribution in [0.2, 0.25) is 0 Å². The van der Waals surface area contributed by atoms with E-state index in [2.05, 4.69) is 20.4 Å². The lowest BCUT2D eigenvalue weighted by Gasteiger charge is -2.12. The van der Waals surface area contributed by atoms with Gasteiger partial charge in [-0.15, -0.1) is 0 Å². The summed E-state index contributed by atoms with van der Waals surface area (Å²) in [4.78, 5) is 19.6. The number of nitrogens with zero attached hydrogens (tertiary/aromatic N) is 4. The van der Waals surface area contributed by atoms with Gasteiger partial charge in [-0.3, -0.25) is 9.48 Å². The molecule has 0 aliphatic carbocycles. The molecule has 156 valence electrons. The molecule has 0 saturated carbocycles. The molecule has 0 radical (unpaired) electrons. The molecule has 0 fully saturated rings. The van der Waals surface area contributed by atoms with Gasteiger partial charge in [-0.25, -0.2) is 14.4 Å². The number of carbonyl (C=O) groups is 1. The normalized spacial score (nSPS) is 15.7. The number of amides is 1. The summed E-state index contributed by atoms with van der Waals surface area (Å²) in [5, 5.41) is 7.05. The fourth-order valence-corrected chi connectivity index (χ4v) is 3.26. The first-order valence-electron chi connectivity index (χ1n) is 8.88. The van der Waals surface area contributed by atoms with Gasteiger partial charge in [-0.05, 0) is 24.6 Å². The van der Waals surface area contributed by atoms with Crippen LogP contribution in [0.5, 0.6) is 5.88 Å². The fourth-order valence-electron chi connectivity index (χ4n) is 3.26. The Morgan fingerprint density at radius 3 is 2.80 bits per heavy atom. The third-order valence-corrected chi connectivity index (χ3v) is 4.73. The maximum Gasteiger partial charge on any atom is 0.433 e. The summed E-state index contributed by atoms with van der Waals surface area (Å²) in [6.45, 7) is 0.429. The van der Waals surface area contributed by atoms with E-state index in [1.165, 1.54) is 31.5 Å². The number of alkyl halides is 3. The van der Waals surface area contributed by atoms with E-state index in [4.69, 9.17) is 4.74 Å². The average molecular weight is 421 g/mol. The number of nitrogens with one attached hydrogen (secondary N) is 1. The average Bonchev–Trinajstić information content (AvgIpc) is 3.29. The van der Waals surface area contributed by atoms with Crippen LogP contribution in [0.25, 0.3) is 11.3 Å². The molecule has 0 bridgehead atoms. The summed E-state index contributed by atoms with van der Waals surface area (Å²) < 4.78 is 59.5. The molecule has 0 spiro atoms. The highest BCUT2D eigenvalue weighted by molar-refractivity contribution is 5.94. The minimum atomic E-state index is -4.70. The Morgan fingerprint density at radius 2 is 2.07 bits per heavy atom. The highest BCUT2D eigenvalue weighted by Crippen LogP contribution is 2.34. The van der Waals surface area contributed by atoms with E-state index in [0.717, 1.165) is 0 Å². The van der Waals surface area contributed by atoms with Crippen molar-refractivity contribution >= 4 is 5.91 Å². The Morgan fingerprint density at radius 1 is 1.27 bits per heavy atom. The standard InChI is InChI=1S/C19H15F4N5O2/c1-30-17-6-10(2-4-24-17)18(29)26-13-3-5-28-15(13)8-14(27-28)11-7-16(19(21,22)23)25-9-12(11)20/h2,4,6-9,13H,3,5H2,1H3,(H,26,29)/t13-/m1/s1. The summed E-state index contributed by atoms with van der Waals surface area (Å²) in [7, 11) is 1.43. The van der Waals surface area contributed by atoms with Gasteiger partial charge in [-0.1, -0.05) is 0 Å². The van der Waals surface area contributed by atoms with Crippen LogP contribution in [0.15, 0.2) is 36.7 Å². The molecule has 4 heterocycles. The minimum Gasteiger partial charge on any atom is -0.481 e. The quantitative estimate of drug-likeness (QED) is 0.654. The molecule has 1 amide bonds. The number of pyridine rings is 2. The number of hydrogen-bond acceptors (Lipinski definition) is 5. The highest BCUT2D eigenvalue weighted by Gasteiger charge is 2.34. The van der Waals surface area contributed by atoms with Crippen molar-refractivity contribution in [2.24, 2.45) is 0 Å². The zero-order valence-electron chi connectivity index (χ0n) is 15.6. The molecule has 0 aromatic carbocycles. The van der Waals surface area contributed by atoms with E-state index >= 15 is 0 Å². The monoisotopic (exact) mass is 421 g/mol. The summed E-state index contributed by atoms with van der Waals surface area (Å²) in [6, 6.07) is 4.69. The molecule has 1 aliphatic rings. The number of aromatic nitrogens is 4. The Kier molecular flexibility index (Phi) is 4.88. The van der Waals surface area contributed by atoms with E-state index < -0.39 is 23.7 Å². The van der Waals surface area contributed by atoms with Gasteiger partial charge in [0.15, 0.2) is 5.82 Å². The van der Waals surface area contributed by atoms with Crippen molar-refractivity contribution in [3.63, 3.8) is 0 Å². The molecule has 1 aliphatic heterocycles. The van der Waals surface area contributed by atoms with Crippen molar-refractivity contribution in [3.05, 3.63) is 59.4 Å². The molecule has 3 aromatic rings. The number of carbonyl (C=O) groups excluding carboxylic acids is 1. The first kappa shape index (κ1) is 19.8. The Balaban J connectivity index is 1.59. The summed E-state index contributed by atoms with van der Waals surface area (Å²) >= 11 is 0. The molecule has 1 atom stereocenters. The van der Waals surface area contributed by atoms with Crippen molar-refractivity contribution in [2.75, 3.05) is 7.11 Å². The molecular weight excluding hydrogens is 406 g/mol. The second-order valence-corrected chi connectivity index (χ2v) is 6.63. The molecule has 0 saturated heterocycles. The van der Waals surface area contributed by atoms with E-state index in [-0.39, 0.29) is 23.0 Å². The van der Waals surface area contributed by atoms with Gasteiger partial charge in [0.05, 0.1) is 30.7 Å². The predicted molar refractivity (Wildman–Crippen MR) is 96.0 cm³/mol. The smallest absolute Gasteiger partial charge is 0.433 e. The van der Waals surface area contributed by atoms with Crippen molar-refractivity contribution in [2.45, 2.75) is 25.2 Å². The second kappa shape index (κ2) is 7.39. The molecule has 4 rings (SSSR count). The largest absolute Gasteiger partial charge is 0.481 e. The summed E-state index contributed by atoms with van der Waals surface area (Å²) in [5.74, 6) is -0.995. The van der Waals surface area contributed by atoms with Gasteiger partial charge in [0, 0.05) is 29.9 Å². The first-order chi connectivity index (χ1) is 14.3. The molecule has 1 N–H and O–H groups in total. The third kappa shape index (κ3) is 3.70. The molecule has 11 heteroatoms. The maximum atomic E-state index is 14.1. The van der Waals surface area contributed by atoms with Gasteiger partial charge in [0.25, 0.3) is 5.91 Å². The molecule has 0 unspecified atom stereocenters. The zero-order valence-corrected chi connectivity index (χ0v) is 15.6. The first-order valence-corrected chi connectivity index (χ1v) is 8.88. The Bertz CT molecular complexity index is 1110. The minimum absolute atomic E-state index is 0.0416. The van der Waals surface area contributed by atoms with Gasteiger partial charge in [0.1, 0.15) is 5.69 Å². The van der Waals surface area contributed by atoms with E-state index in [1.54, 1.807) is 4.68 Å². The number of hydrogen-bond donors (Lipinski definition) is 1. The maximum absolute atomic E-state index is 14.1. The van der Waals surface area contributed by atoms with E-state index in [9.17, 15) is 22.4 Å². The van der Waals surface area contributed by atoms with Crippen molar-refractivity contribution in [1.29, 1.82) is 0 Å². The van der Waals surface area contributed by atoms with E-state index in [0.29, 0.717) is 36.5 Å². The highest BCUT2D eigenvalue weighted by atomic mass is 19.4. The molecule has 7 nitrogen and oxygen atoms in total. The van der Waals surface area contributed by atoms with Crippen molar-refractivity contribution in [3.8, 4) is 17.1 Å². The van der Waals surface area contributed by atoms with Crippen LogP contribution in [0.4, 0.5) is 17.6 Å². The molecule has 30 heavy (non-hydrogen) atoms. The van der Waals surface area contributed by atoms with Crippen LogP contribution in [-0.4, -0.2) is 32.8 Å². The van der Waals surface area contributed by atoms with Crippen molar-refractivity contribution in [1.82, 2.24) is 25.1 Å². The summed E-state index contributed by atoms with van der Waals surface area (Å²) in [6.07, 6.45) is -2.19. The lowest BCUT2D eigenvalue weighted by atomic mass is 10.1. The van der Waals surface area contributed by atoms with Crippen molar-refractivity contribution < 1.29 is 27.1 Å². The third-order valence-electron chi connectivity index (χ3n) is 4.73. The Hall–Kier alpha value is -3.50. The van der Waals surface area contributed by atoms with Crippen LogP contribution >= 0.6 is 0 Å². The second-order valence-electron chi connectivity index (χ2n) is 6.63. The van der Waals surface area contributed by atoms with Gasteiger partial charge >= 0.3 is 6.18 Å². The number of ether oxygens (including phenoxy) is 1. The zero-order chi connectivity index (χ0) is 21.5. The lowest BCUT2D eigenvalue weighted by Crippen LogP contribution is -2.27. The number of methoxy groups -OCH3 is 1. The number of halogens is 4. The van der Waals surface area contributed by atoms with Gasteiger partial charge in [0.2, 0.25) is 5.88 Å². The van der Waals surface area contributed by atoms with Crippen LogP contribution in [0.3, 0.4) is 0 Å². The molecule has 3 aromatic heterocycles. The number of rotatable bonds is 4. The van der Waals surface area contributed by atoms with Crippen LogP contribution < -0.4 is 10.1 Å². The summed E-state index contributed by atoms with van der Waals surface area (Å²) in [5.41, 5.74) is -0.550. The lowest BCUT2D eigenvalue weighted by molar-refractivity contribution is -0.141. The SMILES string of the molecule is COc1cc(C(=O)N[C@@H]2CCn3nc(-c4cc(C(F)(F)F)ncc4F)cc32)ccn1. The van der Waals surface area contributed by atoms with Crippen LogP contribution in [-0.2, 0) is 12.7 Å². The Labute approximate surface area is 167 Å². The van der Waals surface area contributed by atoms with E-state index in [1.807, 2.05) is 0 Å². The van der Waals surface area contributed by atoms with Crippen LogP contribution in [0, 0.1) is 5.82 Å². The van der Waals surface area contributed by atoms with Gasteiger partial charge < -0.3 is 10.1 Å². The van der Waals surface area contributed by atoms with Gasteiger partial charge in [-0.2, -0.15) is 18.3 Å². The number of aryl methyl sites for hydroxylation is 1. The topological polar surface area (TPSA) is 81.9 Å².